The van der Waals surface area contributed by atoms with Crippen molar-refractivity contribution in [3.63, 3.8) is 0 Å². The van der Waals surface area contributed by atoms with Gasteiger partial charge >= 0.3 is 40.8 Å². The second-order valence-electron chi connectivity index (χ2n) is 0. The maximum atomic E-state index is 0. The Hall–Kier alpha value is 2.37. The minimum absolute atomic E-state index is 0. The van der Waals surface area contributed by atoms with Crippen molar-refractivity contribution in [2.45, 2.75) is 0 Å². The summed E-state index contributed by atoms with van der Waals surface area (Å²) in [7, 11) is 0. The molecule has 7 nitrogen and oxygen atoms in total. The van der Waals surface area contributed by atoms with Crippen LogP contribution >= 0.6 is 0 Å². The Morgan fingerprint density at radius 2 is 0.273 bits per heavy atom. The average molecular weight is 857 g/mol. The molecule has 0 rings (SSSR count). The van der Waals surface area contributed by atoms with E-state index in [0.29, 0.717) is 0 Å². The summed E-state index contributed by atoms with van der Waals surface area (Å²) in [5, 5.41) is 0. The number of hydrogen-bond acceptors (Lipinski definition) is 0. The van der Waals surface area contributed by atoms with Gasteiger partial charge in [0.15, 0.2) is 0 Å². The normalized spacial score (nSPS) is 0. The van der Waals surface area contributed by atoms with E-state index in [0.717, 1.165) is 0 Å². The second kappa shape index (κ2) is 285. The summed E-state index contributed by atoms with van der Waals surface area (Å²) in [6.45, 7) is 0. The van der Waals surface area contributed by atoms with Gasteiger partial charge in [-0.05, 0) is 0 Å². The maximum Gasteiger partial charge on any atom is 7.00 e. The van der Waals surface area contributed by atoms with E-state index in [1.54, 1.807) is 0 Å². The fraction of sp³-hybridized carbons (Fsp3) is 0. The Balaban J connectivity index is 0. The first-order valence-electron chi connectivity index (χ1n) is 0. The Labute approximate surface area is 119 Å². The van der Waals surface area contributed by atoms with Crippen molar-refractivity contribution in [1.82, 2.24) is 0 Å². The van der Waals surface area contributed by atoms with E-state index in [1.807, 2.05) is 0 Å². The number of hydrogen-bond donors (Lipinski definition) is 0. The van der Waals surface area contributed by atoms with Gasteiger partial charge in [0, 0.05) is 40.8 Å². The quantitative estimate of drug-likeness (QED) is 0.293. The fourth-order valence-corrected chi connectivity index (χ4v) is 0. The van der Waals surface area contributed by atoms with Gasteiger partial charge in [-0.15, -0.1) is 0 Å². The fourth-order valence-electron chi connectivity index (χ4n) is 0. The van der Waals surface area contributed by atoms with E-state index in [-0.39, 0.29) is 120 Å². The molecule has 0 bridgehead atoms. The molecule has 0 aliphatic heterocycles. The Bertz CT molecular complexity index is 10.4. The molecule has 0 fully saturated rings. The molecule has 0 atom stereocenters. The van der Waals surface area contributed by atoms with Gasteiger partial charge in [0.05, 0.1) is 0 Å². The molecule has 0 aliphatic rings. The van der Waals surface area contributed by atoms with E-state index < -0.39 is 0 Å². The van der Waals surface area contributed by atoms with Crippen molar-refractivity contribution in [3.05, 3.63) is 0 Å². The van der Waals surface area contributed by atoms with Crippen LogP contribution in [0.2, 0.25) is 0 Å². The monoisotopic (exact) mass is 860 g/mol. The van der Waals surface area contributed by atoms with Crippen LogP contribution in [-0.4, -0.2) is 0 Å². The summed E-state index contributed by atoms with van der Waals surface area (Å²) in [5.74, 6) is 0. The minimum atomic E-state index is 0. The molecule has 0 amide bonds. The average Bonchev–Trinajstić information content (AvgIpc) is 0. The molecule has 0 unspecified atom stereocenters. The molecule has 0 aliphatic carbocycles. The predicted octanol–water partition coefficient (Wildman–Crippen LogP) is -0.842. The first-order valence-corrected chi connectivity index (χ1v) is 0. The van der Waals surface area contributed by atoms with E-state index >= 15 is 0 Å². The van der Waals surface area contributed by atoms with Crippen molar-refractivity contribution >= 4 is 0 Å². The molecule has 0 heterocycles. The van der Waals surface area contributed by atoms with E-state index in [2.05, 4.69) is 0 Å². The molecular formula is O7Re4. The van der Waals surface area contributed by atoms with E-state index in [1.165, 1.54) is 0 Å². The summed E-state index contributed by atoms with van der Waals surface area (Å²) in [6, 6.07) is 0. The van der Waals surface area contributed by atoms with Gasteiger partial charge in [-0.2, -0.15) is 0 Å². The largest absolute Gasteiger partial charge is 7.00 e. The van der Waals surface area contributed by atoms with Gasteiger partial charge in [0.2, 0.25) is 0 Å². The molecule has 0 saturated carbocycles. The van der Waals surface area contributed by atoms with Gasteiger partial charge in [-0.3, -0.25) is 0 Å². The molecular weight excluding hydrogens is 857 g/mol. The van der Waals surface area contributed by atoms with Crippen LogP contribution in [-0.2, 0) is 120 Å². The molecule has 0 aromatic rings. The van der Waals surface area contributed by atoms with Crippen molar-refractivity contribution in [2.75, 3.05) is 0 Å². The first kappa shape index (κ1) is 364. The zero-order valence-corrected chi connectivity index (χ0v) is 15.2. The summed E-state index contributed by atoms with van der Waals surface area (Å²) < 4.78 is 0. The van der Waals surface area contributed by atoms with E-state index in [4.69, 9.17) is 0 Å². The van der Waals surface area contributed by atoms with Crippen LogP contribution in [0.25, 0.3) is 0 Å². The van der Waals surface area contributed by atoms with Crippen LogP contribution in [0.5, 0.6) is 0 Å². The van der Waals surface area contributed by atoms with Crippen molar-refractivity contribution in [3.8, 4) is 0 Å². The van der Waals surface area contributed by atoms with Crippen LogP contribution in [0.15, 0.2) is 0 Å². The van der Waals surface area contributed by atoms with Gasteiger partial charge in [0.25, 0.3) is 0 Å². The topological polar surface area (TPSA) is 200 Å². The molecule has 0 saturated heterocycles. The Kier molecular flexibility index (Phi) is 9430. The third kappa shape index (κ3) is 237. The molecule has 11 heteroatoms. The summed E-state index contributed by atoms with van der Waals surface area (Å²) in [5.41, 5.74) is 0. The standard InChI is InChI=1S/7O.4Re/q7*-2;;;2*+7. The zero-order valence-electron chi connectivity index (χ0n) is 4.37. The molecule has 0 N–H and O–H groups in total. The van der Waals surface area contributed by atoms with Crippen LogP contribution in [0, 0.1) is 0 Å². The number of rotatable bonds is 0. The van der Waals surface area contributed by atoms with Crippen LogP contribution in [0.4, 0.5) is 0 Å². The Morgan fingerprint density at radius 3 is 0.273 bits per heavy atom. The van der Waals surface area contributed by atoms with Crippen molar-refractivity contribution < 1.29 is 120 Å². The summed E-state index contributed by atoms with van der Waals surface area (Å²) in [6.07, 6.45) is 0. The van der Waals surface area contributed by atoms with Crippen LogP contribution in [0.3, 0.4) is 0 Å². The molecule has 11 heavy (non-hydrogen) atoms. The third-order valence-electron chi connectivity index (χ3n) is 0. The molecule has 0 aromatic carbocycles. The third-order valence-corrected chi connectivity index (χ3v) is 0. The minimum Gasteiger partial charge on any atom is -2.00 e. The Morgan fingerprint density at radius 1 is 0.273 bits per heavy atom. The van der Waals surface area contributed by atoms with Crippen LogP contribution < -0.4 is 0 Å². The summed E-state index contributed by atoms with van der Waals surface area (Å²) in [4.78, 5) is 0. The molecule has 0 spiro atoms. The zero-order chi connectivity index (χ0) is 0. The first-order chi connectivity index (χ1) is 0. The van der Waals surface area contributed by atoms with Gasteiger partial charge in [0.1, 0.15) is 0 Å². The van der Waals surface area contributed by atoms with Crippen molar-refractivity contribution in [2.24, 2.45) is 0 Å². The smallest absolute Gasteiger partial charge is 2.00 e. The van der Waals surface area contributed by atoms with Gasteiger partial charge in [-0.1, -0.05) is 0 Å². The predicted molar refractivity (Wildman–Crippen MR) is 4.81 cm³/mol. The van der Waals surface area contributed by atoms with Crippen LogP contribution in [0.1, 0.15) is 0 Å². The van der Waals surface area contributed by atoms with E-state index in [9.17, 15) is 0 Å². The molecule has 70 valence electrons. The SMILES string of the molecule is [O-2].[O-2].[O-2].[O-2].[O-2].[O-2].[O-2].[Re+7].[Re+7].[Re].[Re]. The maximum absolute atomic E-state index is 0. The summed E-state index contributed by atoms with van der Waals surface area (Å²) >= 11 is 0. The molecule has 0 aromatic heterocycles. The van der Waals surface area contributed by atoms with Gasteiger partial charge < -0.3 is 38.3 Å². The van der Waals surface area contributed by atoms with Crippen molar-refractivity contribution in [1.29, 1.82) is 0 Å². The van der Waals surface area contributed by atoms with Gasteiger partial charge in [-0.25, -0.2) is 0 Å². The second-order valence-corrected chi connectivity index (χ2v) is 0. The molecule has 2 radical (unpaired) electrons.